The minimum absolute atomic E-state index is 0.299. The van der Waals surface area contributed by atoms with Crippen molar-refractivity contribution in [3.63, 3.8) is 0 Å². The van der Waals surface area contributed by atoms with Gasteiger partial charge in [0.15, 0.2) is 6.29 Å². The molecule has 212 valence electrons. The summed E-state index contributed by atoms with van der Waals surface area (Å²) in [5.74, 6) is 2.29. The van der Waals surface area contributed by atoms with Gasteiger partial charge in [-0.1, -0.05) is 104 Å². The third kappa shape index (κ3) is 11.5. The Bertz CT molecular complexity index is 843. The molecule has 2 aromatic rings. The van der Waals surface area contributed by atoms with Gasteiger partial charge in [0, 0.05) is 23.2 Å². The molecule has 0 aliphatic carbocycles. The molecule has 2 heterocycles. The van der Waals surface area contributed by atoms with Crippen molar-refractivity contribution < 1.29 is 14.2 Å². The lowest BCUT2D eigenvalue weighted by Crippen LogP contribution is -2.27. The first-order valence-corrected chi connectivity index (χ1v) is 15.6. The van der Waals surface area contributed by atoms with Gasteiger partial charge in [0.2, 0.25) is 0 Å². The van der Waals surface area contributed by atoms with Crippen LogP contribution in [0.5, 0.6) is 5.75 Å². The lowest BCUT2D eigenvalue weighted by atomic mass is 10.0. The van der Waals surface area contributed by atoms with Crippen LogP contribution in [0, 0.1) is 11.8 Å². The highest BCUT2D eigenvalue weighted by Crippen LogP contribution is 2.29. The fraction of sp³-hybridized carbons (Fsp3) is 0.676. The fourth-order valence-electron chi connectivity index (χ4n) is 5.07. The highest BCUT2D eigenvalue weighted by Gasteiger charge is 2.23. The molecule has 1 aromatic carbocycles. The van der Waals surface area contributed by atoms with Gasteiger partial charge >= 0.3 is 0 Å². The highest BCUT2D eigenvalue weighted by molar-refractivity contribution is 5.60. The highest BCUT2D eigenvalue weighted by atomic mass is 16.7. The quantitative estimate of drug-likeness (QED) is 0.172. The lowest BCUT2D eigenvalue weighted by Gasteiger charge is -2.29. The van der Waals surface area contributed by atoms with Crippen LogP contribution in [0.4, 0.5) is 0 Å². The molecule has 1 aliphatic rings. The summed E-state index contributed by atoms with van der Waals surface area (Å²) >= 11 is 0. The van der Waals surface area contributed by atoms with Crippen molar-refractivity contribution >= 4 is 0 Å². The van der Waals surface area contributed by atoms with E-state index in [2.05, 4.69) is 50.0 Å². The number of aromatic nitrogens is 1. The zero-order chi connectivity index (χ0) is 26.8. The maximum Gasteiger partial charge on any atom is 0.185 e. The van der Waals surface area contributed by atoms with E-state index >= 15 is 0 Å². The summed E-state index contributed by atoms with van der Waals surface area (Å²) in [6.45, 7) is 9.23. The van der Waals surface area contributed by atoms with Crippen LogP contribution in [0.3, 0.4) is 0 Å². The topological polar surface area (TPSA) is 40.6 Å². The van der Waals surface area contributed by atoms with Crippen LogP contribution in [0.15, 0.2) is 42.6 Å². The lowest BCUT2D eigenvalue weighted by molar-refractivity contribution is -0.206. The molecule has 4 nitrogen and oxygen atoms in total. The number of nitrogens with zero attached hydrogens (tertiary/aromatic N) is 1. The van der Waals surface area contributed by atoms with E-state index in [4.69, 9.17) is 14.2 Å². The predicted molar refractivity (Wildman–Crippen MR) is 158 cm³/mol. The molecule has 1 fully saturated rings. The maximum absolute atomic E-state index is 6.06. The predicted octanol–water partition coefficient (Wildman–Crippen LogP) is 9.93. The molecule has 0 bridgehead atoms. The summed E-state index contributed by atoms with van der Waals surface area (Å²) in [5, 5.41) is 0. The van der Waals surface area contributed by atoms with Crippen LogP contribution in [-0.4, -0.2) is 24.8 Å². The Labute approximate surface area is 232 Å². The minimum Gasteiger partial charge on any atom is -0.494 e. The van der Waals surface area contributed by atoms with Crippen molar-refractivity contribution in [2.75, 3.05) is 19.8 Å². The summed E-state index contributed by atoms with van der Waals surface area (Å²) in [5.41, 5.74) is 3.04. The molecule has 0 N–H and O–H groups in total. The molecule has 1 atom stereocenters. The van der Waals surface area contributed by atoms with Crippen LogP contribution in [0.1, 0.15) is 123 Å². The van der Waals surface area contributed by atoms with Crippen molar-refractivity contribution in [2.45, 2.75) is 117 Å². The Hall–Kier alpha value is -1.91. The largest absolute Gasteiger partial charge is 0.494 e. The van der Waals surface area contributed by atoms with Gasteiger partial charge in [-0.3, -0.25) is 4.98 Å². The van der Waals surface area contributed by atoms with E-state index < -0.39 is 0 Å². The van der Waals surface area contributed by atoms with Gasteiger partial charge in [0.25, 0.3) is 0 Å². The van der Waals surface area contributed by atoms with Crippen molar-refractivity contribution in [1.29, 1.82) is 0 Å². The van der Waals surface area contributed by atoms with E-state index in [1.807, 2.05) is 18.3 Å². The van der Waals surface area contributed by atoms with E-state index in [1.54, 1.807) is 0 Å². The molecular weight excluding hydrogens is 470 g/mol. The summed E-state index contributed by atoms with van der Waals surface area (Å²) in [4.78, 5) is 4.69. The van der Waals surface area contributed by atoms with E-state index in [-0.39, 0.29) is 6.29 Å². The first kappa shape index (κ1) is 30.6. The number of rotatable bonds is 19. The molecule has 0 radical (unpaired) electrons. The van der Waals surface area contributed by atoms with Gasteiger partial charge in [-0.2, -0.15) is 0 Å². The number of unbranched alkanes of at least 4 members (excludes halogenated alkanes) is 9. The zero-order valence-electron chi connectivity index (χ0n) is 24.5. The molecule has 1 aliphatic heterocycles. The molecule has 1 saturated heterocycles. The van der Waals surface area contributed by atoms with Gasteiger partial charge in [0.1, 0.15) is 5.75 Å². The minimum atomic E-state index is -0.299. The van der Waals surface area contributed by atoms with Crippen LogP contribution in [-0.2, 0) is 9.47 Å². The third-order valence-electron chi connectivity index (χ3n) is 7.95. The smallest absolute Gasteiger partial charge is 0.185 e. The summed E-state index contributed by atoms with van der Waals surface area (Å²) in [7, 11) is 0. The average Bonchev–Trinajstić information content (AvgIpc) is 2.97. The normalized spacial score (nSPS) is 18.4. The van der Waals surface area contributed by atoms with Crippen molar-refractivity contribution in [3.05, 3.63) is 48.2 Å². The molecule has 0 amide bonds. The van der Waals surface area contributed by atoms with Gasteiger partial charge < -0.3 is 14.2 Å². The SMILES string of the molecule is CCCCCCCCCCC1COC(c2ccc(-c3ccc(OCCCCC[C@@H](C)CC)cc3)nc2)OC1. The Morgan fingerprint density at radius 1 is 0.816 bits per heavy atom. The molecular formula is C34H53NO3. The van der Waals surface area contributed by atoms with Crippen LogP contribution in [0.25, 0.3) is 11.3 Å². The van der Waals surface area contributed by atoms with E-state index in [0.717, 1.165) is 54.7 Å². The molecule has 38 heavy (non-hydrogen) atoms. The monoisotopic (exact) mass is 523 g/mol. The van der Waals surface area contributed by atoms with Crippen LogP contribution >= 0.6 is 0 Å². The number of ether oxygens (including phenoxy) is 3. The zero-order valence-corrected chi connectivity index (χ0v) is 24.5. The molecule has 0 spiro atoms. The van der Waals surface area contributed by atoms with Gasteiger partial charge in [-0.25, -0.2) is 0 Å². The Morgan fingerprint density at radius 3 is 2.16 bits per heavy atom. The molecule has 1 aromatic heterocycles. The number of hydrogen-bond acceptors (Lipinski definition) is 4. The van der Waals surface area contributed by atoms with E-state index in [9.17, 15) is 0 Å². The molecule has 4 heteroatoms. The van der Waals surface area contributed by atoms with Crippen LogP contribution in [0.2, 0.25) is 0 Å². The second-order valence-electron chi connectivity index (χ2n) is 11.3. The van der Waals surface area contributed by atoms with E-state index in [1.165, 1.54) is 83.5 Å². The van der Waals surface area contributed by atoms with Gasteiger partial charge in [-0.15, -0.1) is 0 Å². The Balaban J connectivity index is 1.31. The van der Waals surface area contributed by atoms with Gasteiger partial charge in [0.05, 0.1) is 25.5 Å². The standard InChI is InChI=1S/C34H53NO3/c1-4-6-7-8-9-10-11-14-17-29-26-37-34(38-27-29)31-20-23-33(35-25-31)30-18-21-32(22-19-30)36-24-15-12-13-16-28(3)5-2/h18-23,25,28-29,34H,4-17,24,26-27H2,1-3H3/t28-,29?,34?/m0/s1. The first-order valence-electron chi connectivity index (χ1n) is 15.6. The van der Waals surface area contributed by atoms with Crippen molar-refractivity contribution in [1.82, 2.24) is 4.98 Å². The van der Waals surface area contributed by atoms with Crippen molar-refractivity contribution in [3.8, 4) is 17.0 Å². The second-order valence-corrected chi connectivity index (χ2v) is 11.3. The van der Waals surface area contributed by atoms with Gasteiger partial charge in [-0.05, 0) is 49.1 Å². The van der Waals surface area contributed by atoms with E-state index in [0.29, 0.717) is 5.92 Å². The van der Waals surface area contributed by atoms with Crippen molar-refractivity contribution in [2.24, 2.45) is 11.8 Å². The number of hydrogen-bond donors (Lipinski definition) is 0. The summed E-state index contributed by atoms with van der Waals surface area (Å²) in [6.07, 6.45) is 20.0. The molecule has 0 saturated carbocycles. The maximum atomic E-state index is 6.06. The fourth-order valence-corrected chi connectivity index (χ4v) is 5.07. The Kier molecular flexibility index (Phi) is 14.8. The second kappa shape index (κ2) is 18.4. The third-order valence-corrected chi connectivity index (χ3v) is 7.95. The van der Waals surface area contributed by atoms with Crippen LogP contribution < -0.4 is 4.74 Å². The Morgan fingerprint density at radius 2 is 1.50 bits per heavy atom. The number of pyridine rings is 1. The average molecular weight is 524 g/mol. The first-order chi connectivity index (χ1) is 18.7. The molecule has 3 rings (SSSR count). The number of benzene rings is 1. The summed E-state index contributed by atoms with van der Waals surface area (Å²) in [6, 6.07) is 12.4. The molecule has 0 unspecified atom stereocenters. The summed E-state index contributed by atoms with van der Waals surface area (Å²) < 4.78 is 18.1.